The van der Waals surface area contributed by atoms with Crippen LogP contribution in [0.5, 0.6) is 0 Å². The van der Waals surface area contributed by atoms with Crippen molar-refractivity contribution >= 4 is 27.9 Å². The zero-order valence-corrected chi connectivity index (χ0v) is 8.49. The van der Waals surface area contributed by atoms with Crippen molar-refractivity contribution in [3.05, 3.63) is 46.8 Å². The van der Waals surface area contributed by atoms with Gasteiger partial charge in [-0.15, -0.1) is 17.0 Å². The number of halogens is 1. The van der Waals surface area contributed by atoms with E-state index in [1.807, 2.05) is 30.3 Å². The lowest BCUT2D eigenvalue weighted by Crippen LogP contribution is -2.01. The molecule has 0 fully saturated rings. The summed E-state index contributed by atoms with van der Waals surface area (Å²) in [5, 5.41) is 1.06. The Bertz CT molecular complexity index is 439. The number of rotatable bonds is 0. The first-order valence-corrected chi connectivity index (χ1v) is 3.44. The van der Waals surface area contributed by atoms with Gasteiger partial charge in [-0.25, -0.2) is 0 Å². The Kier molecular flexibility index (Phi) is 4.37. The van der Waals surface area contributed by atoms with Crippen LogP contribution in [-0.2, 0) is 0 Å². The largest absolute Gasteiger partial charge is 0.412 e. The zero-order valence-electron chi connectivity index (χ0n) is 6.78. The summed E-state index contributed by atoms with van der Waals surface area (Å²) >= 11 is 0. The van der Waals surface area contributed by atoms with Crippen molar-refractivity contribution < 1.29 is 5.48 Å². The minimum Gasteiger partial charge on any atom is -0.412 e. The van der Waals surface area contributed by atoms with Crippen molar-refractivity contribution in [3.63, 3.8) is 0 Å². The van der Waals surface area contributed by atoms with Crippen molar-refractivity contribution in [1.82, 2.24) is 4.98 Å². The van der Waals surface area contributed by atoms with Crippen molar-refractivity contribution in [2.75, 3.05) is 0 Å². The van der Waals surface area contributed by atoms with Gasteiger partial charge < -0.3 is 10.5 Å². The lowest BCUT2D eigenvalue weighted by Gasteiger charge is -1.93. The molecular weight excluding hydrogens is 234 g/mol. The molecule has 0 spiro atoms. The van der Waals surface area contributed by atoms with E-state index in [4.69, 9.17) is 0 Å². The van der Waals surface area contributed by atoms with Crippen molar-refractivity contribution in [3.8, 4) is 0 Å². The molecular formula is C9H10BrNO2. The molecule has 0 atom stereocenters. The highest BCUT2D eigenvalue weighted by Gasteiger charge is 1.89. The van der Waals surface area contributed by atoms with Gasteiger partial charge in [0.25, 0.3) is 0 Å². The molecule has 0 saturated heterocycles. The van der Waals surface area contributed by atoms with Crippen LogP contribution in [0.25, 0.3) is 10.9 Å². The second kappa shape index (κ2) is 4.79. The average molecular weight is 244 g/mol. The van der Waals surface area contributed by atoms with E-state index in [1.54, 1.807) is 0 Å². The normalized spacial score (nSPS) is 8.62. The summed E-state index contributed by atoms with van der Waals surface area (Å²) in [7, 11) is 0. The lowest BCUT2D eigenvalue weighted by molar-refractivity contribution is 0.824. The summed E-state index contributed by atoms with van der Waals surface area (Å²) < 4.78 is 0. The molecule has 3 nitrogen and oxygen atoms in total. The van der Waals surface area contributed by atoms with E-state index in [-0.39, 0.29) is 28.0 Å². The van der Waals surface area contributed by atoms with Gasteiger partial charge >= 0.3 is 0 Å². The van der Waals surface area contributed by atoms with Crippen LogP contribution in [0.1, 0.15) is 0 Å². The van der Waals surface area contributed by atoms with Crippen LogP contribution in [0.3, 0.4) is 0 Å². The third kappa shape index (κ3) is 2.40. The molecule has 1 aromatic heterocycles. The van der Waals surface area contributed by atoms with Crippen LogP contribution in [0, 0.1) is 0 Å². The Labute approximate surface area is 85.5 Å². The maximum Gasteiger partial charge on any atom is 0.248 e. The van der Waals surface area contributed by atoms with Gasteiger partial charge in [0, 0.05) is 11.6 Å². The fraction of sp³-hybridized carbons (Fsp3) is 0. The van der Waals surface area contributed by atoms with E-state index in [0.717, 1.165) is 10.9 Å². The number of aromatic nitrogens is 1. The molecule has 0 aliphatic rings. The Hall–Kier alpha value is -1.13. The maximum atomic E-state index is 10.8. The first-order chi connectivity index (χ1) is 5.36. The van der Waals surface area contributed by atoms with Crippen molar-refractivity contribution in [2.24, 2.45) is 0 Å². The standard InChI is InChI=1S/C9H7NO.BrH.H2O/c11-9-6-5-7-3-1-2-4-8(7)10-9;;/h1-6H,(H,10,11);1H;1H2. The van der Waals surface area contributed by atoms with E-state index >= 15 is 0 Å². The minimum atomic E-state index is -0.0521. The van der Waals surface area contributed by atoms with E-state index in [9.17, 15) is 4.79 Å². The molecule has 1 heterocycles. The number of benzene rings is 1. The third-order valence-corrected chi connectivity index (χ3v) is 1.63. The highest BCUT2D eigenvalue weighted by molar-refractivity contribution is 8.93. The van der Waals surface area contributed by atoms with Gasteiger partial charge in [-0.1, -0.05) is 18.2 Å². The smallest absolute Gasteiger partial charge is 0.248 e. The van der Waals surface area contributed by atoms with Crippen LogP contribution < -0.4 is 5.56 Å². The SMILES string of the molecule is Br.O.O=c1ccc2ccccc2[nH]1. The maximum absolute atomic E-state index is 10.8. The van der Waals surface area contributed by atoms with Crippen molar-refractivity contribution in [1.29, 1.82) is 0 Å². The van der Waals surface area contributed by atoms with Gasteiger partial charge in [0.2, 0.25) is 5.56 Å². The average Bonchev–Trinajstić information content (AvgIpc) is 2.04. The van der Waals surface area contributed by atoms with E-state index in [1.165, 1.54) is 6.07 Å². The number of aromatic amines is 1. The number of H-pyrrole nitrogens is 1. The van der Waals surface area contributed by atoms with Crippen LogP contribution in [0.2, 0.25) is 0 Å². The van der Waals surface area contributed by atoms with Gasteiger partial charge in [0.15, 0.2) is 0 Å². The highest BCUT2D eigenvalue weighted by Crippen LogP contribution is 2.06. The minimum absolute atomic E-state index is 0. The summed E-state index contributed by atoms with van der Waals surface area (Å²) in [5.74, 6) is 0. The quantitative estimate of drug-likeness (QED) is 0.745. The predicted molar refractivity (Wildman–Crippen MR) is 58.5 cm³/mol. The Balaban J connectivity index is 0.000000720. The van der Waals surface area contributed by atoms with Gasteiger partial charge in [-0.3, -0.25) is 4.79 Å². The topological polar surface area (TPSA) is 64.4 Å². The van der Waals surface area contributed by atoms with E-state index < -0.39 is 0 Å². The molecule has 0 saturated carbocycles. The van der Waals surface area contributed by atoms with Gasteiger partial charge in [-0.05, 0) is 17.5 Å². The highest BCUT2D eigenvalue weighted by atomic mass is 79.9. The van der Waals surface area contributed by atoms with Crippen LogP contribution in [0.4, 0.5) is 0 Å². The Morgan fingerprint density at radius 1 is 1.00 bits per heavy atom. The molecule has 2 rings (SSSR count). The molecule has 0 aliphatic heterocycles. The number of hydrogen-bond donors (Lipinski definition) is 1. The van der Waals surface area contributed by atoms with E-state index in [0.29, 0.717) is 0 Å². The summed E-state index contributed by atoms with van der Waals surface area (Å²) in [6.07, 6.45) is 0. The molecule has 3 N–H and O–H groups in total. The summed E-state index contributed by atoms with van der Waals surface area (Å²) in [6, 6.07) is 11.0. The summed E-state index contributed by atoms with van der Waals surface area (Å²) in [6.45, 7) is 0. The number of pyridine rings is 1. The summed E-state index contributed by atoms with van der Waals surface area (Å²) in [4.78, 5) is 13.6. The third-order valence-electron chi connectivity index (χ3n) is 1.63. The van der Waals surface area contributed by atoms with Gasteiger partial charge in [0.05, 0.1) is 0 Å². The van der Waals surface area contributed by atoms with Crippen LogP contribution in [0.15, 0.2) is 41.2 Å². The first kappa shape index (κ1) is 11.9. The number of hydrogen-bond acceptors (Lipinski definition) is 1. The molecule has 70 valence electrons. The molecule has 0 aliphatic carbocycles. The Morgan fingerprint density at radius 3 is 2.46 bits per heavy atom. The molecule has 0 bridgehead atoms. The van der Waals surface area contributed by atoms with Crippen LogP contribution in [-0.4, -0.2) is 10.5 Å². The summed E-state index contributed by atoms with van der Waals surface area (Å²) in [5.41, 5.74) is 0.837. The molecule has 1 aromatic carbocycles. The molecule has 0 amide bonds. The molecule has 0 unspecified atom stereocenters. The Morgan fingerprint density at radius 2 is 1.69 bits per heavy atom. The zero-order chi connectivity index (χ0) is 7.68. The van der Waals surface area contributed by atoms with Gasteiger partial charge in [-0.2, -0.15) is 0 Å². The van der Waals surface area contributed by atoms with Crippen LogP contribution >= 0.6 is 17.0 Å². The molecule has 0 radical (unpaired) electrons. The molecule has 4 heteroatoms. The fourth-order valence-electron chi connectivity index (χ4n) is 1.10. The first-order valence-electron chi connectivity index (χ1n) is 3.44. The van der Waals surface area contributed by atoms with Gasteiger partial charge in [0.1, 0.15) is 0 Å². The monoisotopic (exact) mass is 243 g/mol. The van der Waals surface area contributed by atoms with E-state index in [2.05, 4.69) is 4.98 Å². The molecule has 2 aromatic rings. The second-order valence-electron chi connectivity index (χ2n) is 2.41. The molecule has 13 heavy (non-hydrogen) atoms. The predicted octanol–water partition coefficient (Wildman–Crippen LogP) is 1.28. The second-order valence-corrected chi connectivity index (χ2v) is 2.41. The fourth-order valence-corrected chi connectivity index (χ4v) is 1.10. The number of fused-ring (bicyclic) bond motifs is 1. The van der Waals surface area contributed by atoms with Crippen molar-refractivity contribution in [2.45, 2.75) is 0 Å². The number of para-hydroxylation sites is 1. The number of nitrogens with one attached hydrogen (secondary N) is 1. The lowest BCUT2D eigenvalue weighted by atomic mass is 10.2.